The Hall–Kier alpha value is -2.40. The molecular weight excluding hydrogens is 300 g/mol. The third-order valence-corrected chi connectivity index (χ3v) is 4.26. The summed E-state index contributed by atoms with van der Waals surface area (Å²) in [6.45, 7) is 3.20. The van der Waals surface area contributed by atoms with Crippen LogP contribution < -0.4 is 10.1 Å². The summed E-state index contributed by atoms with van der Waals surface area (Å²) >= 11 is 0. The SMILES string of the molecule is COc1cc(NC2CCN(CC=Cc3ccccc3)CC2)ncn1. The van der Waals surface area contributed by atoms with Crippen molar-refractivity contribution < 1.29 is 4.74 Å². The highest BCUT2D eigenvalue weighted by atomic mass is 16.5. The lowest BCUT2D eigenvalue weighted by atomic mass is 10.0. The van der Waals surface area contributed by atoms with Gasteiger partial charge in [0.1, 0.15) is 12.1 Å². The molecule has 1 fully saturated rings. The van der Waals surface area contributed by atoms with E-state index in [1.54, 1.807) is 7.11 Å². The summed E-state index contributed by atoms with van der Waals surface area (Å²) in [6.07, 6.45) is 8.21. The molecule has 1 aliphatic heterocycles. The van der Waals surface area contributed by atoms with E-state index in [0.717, 1.165) is 38.3 Å². The number of rotatable bonds is 6. The van der Waals surface area contributed by atoms with Gasteiger partial charge in [0.05, 0.1) is 7.11 Å². The van der Waals surface area contributed by atoms with Gasteiger partial charge in [0.2, 0.25) is 5.88 Å². The molecule has 1 N–H and O–H groups in total. The topological polar surface area (TPSA) is 50.3 Å². The molecule has 5 heteroatoms. The first-order valence-corrected chi connectivity index (χ1v) is 8.40. The average molecular weight is 324 g/mol. The van der Waals surface area contributed by atoms with Gasteiger partial charge in [0.25, 0.3) is 0 Å². The zero-order valence-electron chi connectivity index (χ0n) is 14.1. The molecule has 0 unspecified atom stereocenters. The third kappa shape index (κ3) is 4.80. The number of likely N-dealkylation sites (tertiary alicyclic amines) is 1. The molecule has 3 rings (SSSR count). The molecule has 0 spiro atoms. The van der Waals surface area contributed by atoms with Crippen LogP contribution >= 0.6 is 0 Å². The summed E-state index contributed by atoms with van der Waals surface area (Å²) in [5.74, 6) is 1.43. The van der Waals surface area contributed by atoms with Gasteiger partial charge in [0.15, 0.2) is 0 Å². The predicted molar refractivity (Wildman–Crippen MR) is 97.1 cm³/mol. The zero-order chi connectivity index (χ0) is 16.6. The fraction of sp³-hybridized carbons (Fsp3) is 0.368. The highest BCUT2D eigenvalue weighted by molar-refractivity contribution is 5.48. The van der Waals surface area contributed by atoms with Gasteiger partial charge in [-0.1, -0.05) is 42.5 Å². The van der Waals surface area contributed by atoms with Crippen molar-refractivity contribution in [2.24, 2.45) is 0 Å². The number of ether oxygens (including phenoxy) is 1. The van der Waals surface area contributed by atoms with E-state index in [4.69, 9.17) is 4.74 Å². The second-order valence-electron chi connectivity index (χ2n) is 5.98. The molecule has 1 aromatic carbocycles. The second kappa shape index (κ2) is 8.45. The van der Waals surface area contributed by atoms with Gasteiger partial charge >= 0.3 is 0 Å². The molecule has 2 heterocycles. The van der Waals surface area contributed by atoms with Crippen molar-refractivity contribution in [3.63, 3.8) is 0 Å². The van der Waals surface area contributed by atoms with Crippen LogP contribution in [0.3, 0.4) is 0 Å². The van der Waals surface area contributed by atoms with Gasteiger partial charge in [-0.05, 0) is 18.4 Å². The first kappa shape index (κ1) is 16.5. The number of nitrogens with one attached hydrogen (secondary N) is 1. The average Bonchev–Trinajstić information content (AvgIpc) is 2.64. The van der Waals surface area contributed by atoms with Crippen LogP contribution in [-0.4, -0.2) is 47.7 Å². The molecule has 0 amide bonds. The van der Waals surface area contributed by atoms with Crippen LogP contribution in [0.2, 0.25) is 0 Å². The van der Waals surface area contributed by atoms with E-state index in [1.807, 2.05) is 12.1 Å². The van der Waals surface area contributed by atoms with Crippen LogP contribution in [-0.2, 0) is 0 Å². The summed E-state index contributed by atoms with van der Waals surface area (Å²) < 4.78 is 5.13. The smallest absolute Gasteiger partial charge is 0.218 e. The Labute approximate surface area is 143 Å². The van der Waals surface area contributed by atoms with Crippen molar-refractivity contribution >= 4 is 11.9 Å². The van der Waals surface area contributed by atoms with E-state index >= 15 is 0 Å². The number of nitrogens with zero attached hydrogens (tertiary/aromatic N) is 3. The summed E-state index contributed by atoms with van der Waals surface area (Å²) in [5, 5.41) is 3.48. The Balaban J connectivity index is 1.43. The van der Waals surface area contributed by atoms with E-state index in [-0.39, 0.29) is 0 Å². The first-order valence-electron chi connectivity index (χ1n) is 8.40. The van der Waals surface area contributed by atoms with Gasteiger partial charge in [-0.3, -0.25) is 4.90 Å². The minimum absolute atomic E-state index is 0.457. The van der Waals surface area contributed by atoms with Gasteiger partial charge in [0, 0.05) is 31.7 Å². The number of hydrogen-bond donors (Lipinski definition) is 1. The van der Waals surface area contributed by atoms with Crippen molar-refractivity contribution in [1.82, 2.24) is 14.9 Å². The summed E-state index contributed by atoms with van der Waals surface area (Å²) in [5.41, 5.74) is 1.26. The molecule has 0 radical (unpaired) electrons. The molecule has 1 saturated heterocycles. The molecular formula is C19H24N4O. The quantitative estimate of drug-likeness (QED) is 0.885. The van der Waals surface area contributed by atoms with Gasteiger partial charge < -0.3 is 10.1 Å². The maximum absolute atomic E-state index is 5.13. The van der Waals surface area contributed by atoms with Crippen molar-refractivity contribution in [3.8, 4) is 5.88 Å². The Kier molecular flexibility index (Phi) is 5.80. The normalized spacial score (nSPS) is 16.4. The number of piperidine rings is 1. The molecule has 1 aromatic heterocycles. The summed E-state index contributed by atoms with van der Waals surface area (Å²) in [7, 11) is 1.62. The second-order valence-corrected chi connectivity index (χ2v) is 5.98. The number of benzene rings is 1. The van der Waals surface area contributed by atoms with Crippen LogP contribution in [0.15, 0.2) is 48.8 Å². The molecule has 0 bridgehead atoms. The zero-order valence-corrected chi connectivity index (χ0v) is 14.1. The van der Waals surface area contributed by atoms with E-state index in [2.05, 4.69) is 56.6 Å². The number of hydrogen-bond acceptors (Lipinski definition) is 5. The molecule has 1 aliphatic rings. The molecule has 24 heavy (non-hydrogen) atoms. The fourth-order valence-corrected chi connectivity index (χ4v) is 2.90. The van der Waals surface area contributed by atoms with E-state index in [9.17, 15) is 0 Å². The van der Waals surface area contributed by atoms with Crippen molar-refractivity contribution in [1.29, 1.82) is 0 Å². The number of methoxy groups -OCH3 is 1. The Morgan fingerprint density at radius 1 is 1.21 bits per heavy atom. The third-order valence-electron chi connectivity index (χ3n) is 4.26. The standard InChI is InChI=1S/C19H24N4O/c1-24-19-14-18(20-15-21-19)22-17-9-12-23(13-10-17)11-5-8-16-6-3-2-4-7-16/h2-8,14-15,17H,9-13H2,1H3,(H,20,21,22). The minimum Gasteiger partial charge on any atom is -0.481 e. The Morgan fingerprint density at radius 2 is 2.00 bits per heavy atom. The maximum Gasteiger partial charge on any atom is 0.218 e. The van der Waals surface area contributed by atoms with E-state index in [0.29, 0.717) is 11.9 Å². The highest BCUT2D eigenvalue weighted by Crippen LogP contribution is 2.17. The van der Waals surface area contributed by atoms with Gasteiger partial charge in [-0.2, -0.15) is 0 Å². The number of aromatic nitrogens is 2. The van der Waals surface area contributed by atoms with Crippen molar-refractivity contribution in [2.45, 2.75) is 18.9 Å². The maximum atomic E-state index is 5.13. The van der Waals surface area contributed by atoms with Crippen LogP contribution in [0.25, 0.3) is 6.08 Å². The molecule has 5 nitrogen and oxygen atoms in total. The van der Waals surface area contributed by atoms with Crippen LogP contribution in [0, 0.1) is 0 Å². The van der Waals surface area contributed by atoms with E-state index in [1.165, 1.54) is 11.9 Å². The van der Waals surface area contributed by atoms with E-state index < -0.39 is 0 Å². The Morgan fingerprint density at radius 3 is 2.75 bits per heavy atom. The molecule has 0 atom stereocenters. The lowest BCUT2D eigenvalue weighted by molar-refractivity contribution is 0.240. The van der Waals surface area contributed by atoms with Crippen LogP contribution in [0.4, 0.5) is 5.82 Å². The highest BCUT2D eigenvalue weighted by Gasteiger charge is 2.18. The summed E-state index contributed by atoms with van der Waals surface area (Å²) in [4.78, 5) is 10.8. The van der Waals surface area contributed by atoms with Crippen LogP contribution in [0.5, 0.6) is 5.88 Å². The molecule has 0 aliphatic carbocycles. The lowest BCUT2D eigenvalue weighted by Gasteiger charge is -2.31. The molecule has 126 valence electrons. The largest absolute Gasteiger partial charge is 0.481 e. The van der Waals surface area contributed by atoms with Crippen LogP contribution in [0.1, 0.15) is 18.4 Å². The first-order chi connectivity index (χ1) is 11.8. The van der Waals surface area contributed by atoms with Crippen molar-refractivity contribution in [3.05, 3.63) is 54.4 Å². The molecule has 2 aromatic rings. The predicted octanol–water partition coefficient (Wildman–Crippen LogP) is 3.07. The van der Waals surface area contributed by atoms with Crippen molar-refractivity contribution in [2.75, 3.05) is 32.1 Å². The molecule has 0 saturated carbocycles. The Bertz CT molecular complexity index is 651. The monoisotopic (exact) mass is 324 g/mol. The fourth-order valence-electron chi connectivity index (χ4n) is 2.90. The summed E-state index contributed by atoms with van der Waals surface area (Å²) in [6, 6.07) is 12.7. The minimum atomic E-state index is 0.457. The van der Waals surface area contributed by atoms with Gasteiger partial charge in [-0.25, -0.2) is 9.97 Å². The van der Waals surface area contributed by atoms with Gasteiger partial charge in [-0.15, -0.1) is 0 Å². The lowest BCUT2D eigenvalue weighted by Crippen LogP contribution is -2.39. The number of anilines is 1.